The topological polar surface area (TPSA) is 20.2 Å². The van der Waals surface area contributed by atoms with Gasteiger partial charge in [0.1, 0.15) is 0 Å². The summed E-state index contributed by atoms with van der Waals surface area (Å²) in [4.78, 5) is 0. The van der Waals surface area contributed by atoms with Crippen LogP contribution in [0.3, 0.4) is 0 Å². The van der Waals surface area contributed by atoms with Gasteiger partial charge in [0.05, 0.1) is 5.60 Å². The van der Waals surface area contributed by atoms with Gasteiger partial charge in [0.25, 0.3) is 0 Å². The van der Waals surface area contributed by atoms with Crippen LogP contribution in [-0.4, -0.2) is 5.11 Å². The highest BCUT2D eigenvalue weighted by Crippen LogP contribution is 2.32. The summed E-state index contributed by atoms with van der Waals surface area (Å²) in [7, 11) is 0. The average molecular weight is 262 g/mol. The Labute approximate surface area is 119 Å². The zero-order valence-corrected chi connectivity index (χ0v) is 12.7. The average Bonchev–Trinajstić information content (AvgIpc) is 2.46. The number of aliphatic hydroxyl groups is 1. The molecule has 108 valence electrons. The first-order valence-corrected chi connectivity index (χ1v) is 8.01. The Kier molecular flexibility index (Phi) is 7.81. The lowest BCUT2D eigenvalue weighted by Gasteiger charge is -2.29. The Bertz CT molecular complexity index is 320. The second-order valence-electron chi connectivity index (χ2n) is 5.67. The van der Waals surface area contributed by atoms with Crippen molar-refractivity contribution in [2.45, 2.75) is 77.2 Å². The zero-order valence-electron chi connectivity index (χ0n) is 12.7. The number of hydrogen-bond acceptors (Lipinski definition) is 1. The molecular formula is C18H30O. The second-order valence-corrected chi connectivity index (χ2v) is 5.67. The summed E-state index contributed by atoms with van der Waals surface area (Å²) in [6.07, 6.45) is 10.3. The van der Waals surface area contributed by atoms with Crippen molar-refractivity contribution in [3.8, 4) is 0 Å². The van der Waals surface area contributed by atoms with Crippen molar-refractivity contribution in [2.75, 3.05) is 0 Å². The van der Waals surface area contributed by atoms with E-state index in [4.69, 9.17) is 0 Å². The molecule has 0 bridgehead atoms. The molecule has 1 heteroatoms. The van der Waals surface area contributed by atoms with E-state index in [2.05, 4.69) is 26.0 Å². The van der Waals surface area contributed by atoms with E-state index in [1.165, 1.54) is 25.7 Å². The van der Waals surface area contributed by atoms with Gasteiger partial charge in [-0.3, -0.25) is 0 Å². The van der Waals surface area contributed by atoms with Crippen LogP contribution in [0.15, 0.2) is 30.3 Å². The Morgan fingerprint density at radius 2 is 1.37 bits per heavy atom. The molecule has 0 aliphatic carbocycles. The molecule has 0 aliphatic heterocycles. The quantitative estimate of drug-likeness (QED) is 0.558. The SMILES string of the molecule is CCCCCCCC(O)(CCCC)c1ccccc1. The summed E-state index contributed by atoms with van der Waals surface area (Å²) in [5.74, 6) is 0. The van der Waals surface area contributed by atoms with E-state index in [-0.39, 0.29) is 0 Å². The van der Waals surface area contributed by atoms with E-state index in [1.54, 1.807) is 0 Å². The molecule has 0 radical (unpaired) electrons. The van der Waals surface area contributed by atoms with Gasteiger partial charge in [0.15, 0.2) is 0 Å². The van der Waals surface area contributed by atoms with Crippen LogP contribution < -0.4 is 0 Å². The molecular weight excluding hydrogens is 232 g/mol. The van der Waals surface area contributed by atoms with Gasteiger partial charge in [-0.25, -0.2) is 0 Å². The number of rotatable bonds is 10. The van der Waals surface area contributed by atoms with Gasteiger partial charge in [-0.05, 0) is 18.4 Å². The van der Waals surface area contributed by atoms with Crippen LogP contribution in [0.5, 0.6) is 0 Å². The van der Waals surface area contributed by atoms with E-state index in [0.717, 1.165) is 37.7 Å². The van der Waals surface area contributed by atoms with Crippen LogP contribution in [0.25, 0.3) is 0 Å². The standard InChI is InChI=1S/C18H30O/c1-3-5-7-8-12-16-18(19,15-6-4-2)17-13-10-9-11-14-17/h9-11,13-14,19H,3-8,12,15-16H2,1-2H3. The van der Waals surface area contributed by atoms with Crippen LogP contribution in [0, 0.1) is 0 Å². The first-order chi connectivity index (χ1) is 9.23. The third-order valence-corrected chi connectivity index (χ3v) is 3.95. The second kappa shape index (κ2) is 9.14. The minimum Gasteiger partial charge on any atom is -0.385 e. The molecule has 0 fully saturated rings. The van der Waals surface area contributed by atoms with Gasteiger partial charge < -0.3 is 5.11 Å². The number of benzene rings is 1. The maximum Gasteiger partial charge on any atom is 0.0896 e. The van der Waals surface area contributed by atoms with Crippen molar-refractivity contribution in [1.82, 2.24) is 0 Å². The maximum atomic E-state index is 11.0. The van der Waals surface area contributed by atoms with Crippen molar-refractivity contribution in [1.29, 1.82) is 0 Å². The molecule has 0 heterocycles. The Morgan fingerprint density at radius 1 is 0.789 bits per heavy atom. The fraction of sp³-hybridized carbons (Fsp3) is 0.667. The Hall–Kier alpha value is -0.820. The predicted molar refractivity (Wildman–Crippen MR) is 83.2 cm³/mol. The van der Waals surface area contributed by atoms with Gasteiger partial charge in [-0.2, -0.15) is 0 Å². The number of hydrogen-bond donors (Lipinski definition) is 1. The predicted octanol–water partition coefficient (Wildman–Crippen LogP) is 5.42. The minimum atomic E-state index is -0.608. The van der Waals surface area contributed by atoms with E-state index in [1.807, 2.05) is 18.2 Å². The number of unbranched alkanes of at least 4 members (excludes halogenated alkanes) is 5. The van der Waals surface area contributed by atoms with Gasteiger partial charge in [0, 0.05) is 0 Å². The molecule has 19 heavy (non-hydrogen) atoms. The fourth-order valence-electron chi connectivity index (χ4n) is 2.65. The Balaban J connectivity index is 2.55. The van der Waals surface area contributed by atoms with Crippen molar-refractivity contribution in [3.05, 3.63) is 35.9 Å². The molecule has 0 aromatic heterocycles. The molecule has 0 saturated heterocycles. The van der Waals surface area contributed by atoms with Crippen LogP contribution >= 0.6 is 0 Å². The first-order valence-electron chi connectivity index (χ1n) is 8.01. The summed E-state index contributed by atoms with van der Waals surface area (Å²) in [6, 6.07) is 10.2. The molecule has 1 atom stereocenters. The maximum absolute atomic E-state index is 11.0. The lowest BCUT2D eigenvalue weighted by atomic mass is 9.84. The van der Waals surface area contributed by atoms with Crippen LogP contribution in [-0.2, 0) is 5.60 Å². The van der Waals surface area contributed by atoms with E-state index >= 15 is 0 Å². The lowest BCUT2D eigenvalue weighted by Crippen LogP contribution is -2.25. The molecule has 1 unspecified atom stereocenters. The van der Waals surface area contributed by atoms with Crippen molar-refractivity contribution < 1.29 is 5.11 Å². The highest BCUT2D eigenvalue weighted by molar-refractivity contribution is 5.22. The third-order valence-electron chi connectivity index (χ3n) is 3.95. The molecule has 1 rings (SSSR count). The monoisotopic (exact) mass is 262 g/mol. The van der Waals surface area contributed by atoms with Crippen molar-refractivity contribution in [3.63, 3.8) is 0 Å². The first kappa shape index (κ1) is 16.2. The molecule has 1 N–H and O–H groups in total. The summed E-state index contributed by atoms with van der Waals surface area (Å²) in [5, 5.41) is 11.0. The lowest BCUT2D eigenvalue weighted by molar-refractivity contribution is 0.0137. The van der Waals surface area contributed by atoms with E-state index < -0.39 is 5.60 Å². The highest BCUT2D eigenvalue weighted by Gasteiger charge is 2.27. The van der Waals surface area contributed by atoms with Gasteiger partial charge >= 0.3 is 0 Å². The van der Waals surface area contributed by atoms with Gasteiger partial charge in [0.2, 0.25) is 0 Å². The molecule has 0 spiro atoms. The summed E-state index contributed by atoms with van der Waals surface area (Å²) in [6.45, 7) is 4.42. The molecule has 1 nitrogen and oxygen atoms in total. The molecule has 0 saturated carbocycles. The Morgan fingerprint density at radius 3 is 2.00 bits per heavy atom. The highest BCUT2D eigenvalue weighted by atomic mass is 16.3. The molecule has 1 aromatic rings. The normalized spacial score (nSPS) is 14.3. The smallest absolute Gasteiger partial charge is 0.0896 e. The third kappa shape index (κ3) is 5.78. The van der Waals surface area contributed by atoms with E-state index in [0.29, 0.717) is 0 Å². The summed E-state index contributed by atoms with van der Waals surface area (Å²) >= 11 is 0. The zero-order chi connectivity index (χ0) is 14.0. The van der Waals surface area contributed by atoms with Crippen molar-refractivity contribution in [2.24, 2.45) is 0 Å². The van der Waals surface area contributed by atoms with E-state index in [9.17, 15) is 5.11 Å². The largest absolute Gasteiger partial charge is 0.385 e. The molecule has 1 aromatic carbocycles. The summed E-state index contributed by atoms with van der Waals surface area (Å²) < 4.78 is 0. The fourth-order valence-corrected chi connectivity index (χ4v) is 2.65. The van der Waals surface area contributed by atoms with Gasteiger partial charge in [-0.1, -0.05) is 89.1 Å². The summed E-state index contributed by atoms with van der Waals surface area (Å²) in [5.41, 5.74) is 0.489. The van der Waals surface area contributed by atoms with Crippen LogP contribution in [0.1, 0.15) is 77.2 Å². The minimum absolute atomic E-state index is 0.608. The van der Waals surface area contributed by atoms with Crippen LogP contribution in [0.4, 0.5) is 0 Å². The molecule has 0 amide bonds. The van der Waals surface area contributed by atoms with Crippen molar-refractivity contribution >= 4 is 0 Å². The van der Waals surface area contributed by atoms with Crippen LogP contribution in [0.2, 0.25) is 0 Å². The molecule has 0 aliphatic rings. The van der Waals surface area contributed by atoms with Gasteiger partial charge in [-0.15, -0.1) is 0 Å².